The smallest absolute Gasteiger partial charge is 0.404 e. The molecule has 2 amide bonds. The Morgan fingerprint density at radius 2 is 1.91 bits per heavy atom. The molecular formula is C15H20N2O5. The van der Waals surface area contributed by atoms with Crippen molar-refractivity contribution in [1.29, 1.82) is 0 Å². The second-order valence-corrected chi connectivity index (χ2v) is 4.99. The van der Waals surface area contributed by atoms with Crippen LogP contribution in [-0.2, 0) is 16.0 Å². The number of aryl methyl sites for hydroxylation is 1. The molecule has 1 aliphatic heterocycles. The van der Waals surface area contributed by atoms with Crippen LogP contribution in [0.2, 0.25) is 0 Å². The zero-order valence-corrected chi connectivity index (χ0v) is 12.2. The van der Waals surface area contributed by atoms with Crippen LogP contribution in [0.25, 0.3) is 0 Å². The lowest BCUT2D eigenvalue weighted by molar-refractivity contribution is -0.121. The van der Waals surface area contributed by atoms with Gasteiger partial charge in [0.2, 0.25) is 5.91 Å². The second kappa shape index (κ2) is 8.23. The third-order valence-corrected chi connectivity index (χ3v) is 3.13. The molecule has 2 rings (SSSR count). The first-order chi connectivity index (χ1) is 10.6. The van der Waals surface area contributed by atoms with E-state index < -0.39 is 6.09 Å². The second-order valence-electron chi connectivity index (χ2n) is 4.99. The first-order valence-electron chi connectivity index (χ1n) is 7.20. The molecule has 0 bridgehead atoms. The van der Waals surface area contributed by atoms with Crippen LogP contribution in [0.3, 0.4) is 0 Å². The van der Waals surface area contributed by atoms with Crippen LogP contribution >= 0.6 is 0 Å². The number of hydrogen-bond acceptors (Lipinski definition) is 4. The number of amides is 2. The van der Waals surface area contributed by atoms with Crippen LogP contribution in [0.15, 0.2) is 24.3 Å². The number of hydrogen-bond donors (Lipinski definition) is 3. The highest BCUT2D eigenvalue weighted by atomic mass is 16.6. The average Bonchev–Trinajstić information content (AvgIpc) is 3.32. The number of nitrogens with one attached hydrogen (secondary N) is 2. The van der Waals surface area contributed by atoms with Gasteiger partial charge in [0, 0.05) is 19.5 Å². The standard InChI is InChI=1S/C15H20N2O5/c18-14(16-7-8-17-15(19)20)6-3-11-1-4-12(5-2-11)21-9-13-10-22-13/h1-2,4-5,13,17H,3,6-10H2,(H,16,18)(H,19,20). The summed E-state index contributed by atoms with van der Waals surface area (Å²) in [4.78, 5) is 21.8. The predicted octanol–water partition coefficient (Wildman–Crippen LogP) is 0.781. The van der Waals surface area contributed by atoms with E-state index in [1.165, 1.54) is 0 Å². The van der Waals surface area contributed by atoms with Crippen molar-refractivity contribution in [3.8, 4) is 5.75 Å². The maximum absolute atomic E-state index is 11.6. The van der Waals surface area contributed by atoms with Crippen molar-refractivity contribution in [3.05, 3.63) is 29.8 Å². The maximum Gasteiger partial charge on any atom is 0.404 e. The Morgan fingerprint density at radius 1 is 1.23 bits per heavy atom. The van der Waals surface area contributed by atoms with Gasteiger partial charge in [0.25, 0.3) is 0 Å². The van der Waals surface area contributed by atoms with E-state index in [1.807, 2.05) is 24.3 Å². The Labute approximate surface area is 128 Å². The highest BCUT2D eigenvalue weighted by Crippen LogP contribution is 2.16. The average molecular weight is 308 g/mol. The molecule has 0 aliphatic carbocycles. The molecule has 3 N–H and O–H groups in total. The van der Waals surface area contributed by atoms with Crippen molar-refractivity contribution in [2.24, 2.45) is 0 Å². The summed E-state index contributed by atoms with van der Waals surface area (Å²) in [7, 11) is 0. The van der Waals surface area contributed by atoms with Crippen LogP contribution in [0.1, 0.15) is 12.0 Å². The highest BCUT2D eigenvalue weighted by molar-refractivity contribution is 5.76. The van der Waals surface area contributed by atoms with E-state index in [9.17, 15) is 9.59 Å². The molecule has 1 heterocycles. The van der Waals surface area contributed by atoms with Crippen molar-refractivity contribution >= 4 is 12.0 Å². The van der Waals surface area contributed by atoms with E-state index in [0.29, 0.717) is 26.0 Å². The van der Waals surface area contributed by atoms with Gasteiger partial charge in [0.1, 0.15) is 18.5 Å². The molecule has 1 saturated heterocycles. The van der Waals surface area contributed by atoms with Gasteiger partial charge in [-0.15, -0.1) is 0 Å². The van der Waals surface area contributed by atoms with Crippen LogP contribution < -0.4 is 15.4 Å². The first-order valence-corrected chi connectivity index (χ1v) is 7.20. The summed E-state index contributed by atoms with van der Waals surface area (Å²) in [5, 5.41) is 13.2. The van der Waals surface area contributed by atoms with E-state index in [0.717, 1.165) is 17.9 Å². The van der Waals surface area contributed by atoms with Gasteiger partial charge in [-0.2, -0.15) is 0 Å². The summed E-state index contributed by atoms with van der Waals surface area (Å²) in [6.45, 7) is 1.85. The van der Waals surface area contributed by atoms with Gasteiger partial charge in [-0.3, -0.25) is 4.79 Å². The van der Waals surface area contributed by atoms with Crippen molar-refractivity contribution in [2.75, 3.05) is 26.3 Å². The molecule has 0 radical (unpaired) electrons. The number of rotatable bonds is 9. The molecule has 1 unspecified atom stereocenters. The molecule has 1 atom stereocenters. The summed E-state index contributed by atoms with van der Waals surface area (Å²) in [5.41, 5.74) is 1.05. The Balaban J connectivity index is 1.60. The molecule has 7 heteroatoms. The minimum absolute atomic E-state index is 0.0987. The fourth-order valence-corrected chi connectivity index (χ4v) is 1.82. The minimum Gasteiger partial charge on any atom is -0.491 e. The first kappa shape index (κ1) is 16.1. The van der Waals surface area contributed by atoms with E-state index in [-0.39, 0.29) is 18.6 Å². The Bertz CT molecular complexity index is 499. The summed E-state index contributed by atoms with van der Waals surface area (Å²) >= 11 is 0. The van der Waals surface area contributed by atoms with Crippen molar-refractivity contribution < 1.29 is 24.2 Å². The monoisotopic (exact) mass is 308 g/mol. The van der Waals surface area contributed by atoms with Gasteiger partial charge in [-0.05, 0) is 24.1 Å². The van der Waals surface area contributed by atoms with Gasteiger partial charge < -0.3 is 25.2 Å². The summed E-state index contributed by atoms with van der Waals surface area (Å²) in [5.74, 6) is 0.696. The van der Waals surface area contributed by atoms with Crippen molar-refractivity contribution in [1.82, 2.24) is 10.6 Å². The molecule has 1 aliphatic rings. The molecule has 120 valence electrons. The normalized spacial score (nSPS) is 15.9. The SMILES string of the molecule is O=C(O)NCCNC(=O)CCc1ccc(OCC2CO2)cc1. The van der Waals surface area contributed by atoms with Gasteiger partial charge in [-0.25, -0.2) is 4.79 Å². The zero-order valence-electron chi connectivity index (χ0n) is 12.2. The highest BCUT2D eigenvalue weighted by Gasteiger charge is 2.22. The topological polar surface area (TPSA) is 100 Å². The fraction of sp³-hybridized carbons (Fsp3) is 0.467. The molecule has 1 aromatic carbocycles. The number of epoxide rings is 1. The molecule has 1 fully saturated rings. The third-order valence-electron chi connectivity index (χ3n) is 3.13. The van der Waals surface area contributed by atoms with E-state index in [1.54, 1.807) is 0 Å². The molecule has 22 heavy (non-hydrogen) atoms. The molecular weight excluding hydrogens is 288 g/mol. The van der Waals surface area contributed by atoms with Crippen LogP contribution in [0.4, 0.5) is 4.79 Å². The van der Waals surface area contributed by atoms with Crippen LogP contribution in [0.5, 0.6) is 5.75 Å². The number of carbonyl (C=O) groups excluding carboxylic acids is 1. The van der Waals surface area contributed by atoms with E-state index >= 15 is 0 Å². The quantitative estimate of drug-likeness (QED) is 0.462. The maximum atomic E-state index is 11.6. The summed E-state index contributed by atoms with van der Waals surface area (Å²) in [6, 6.07) is 7.63. The molecule has 0 spiro atoms. The summed E-state index contributed by atoms with van der Waals surface area (Å²) in [6.07, 6.45) is 0.136. The zero-order chi connectivity index (χ0) is 15.8. The lowest BCUT2D eigenvalue weighted by Crippen LogP contribution is -2.34. The van der Waals surface area contributed by atoms with E-state index in [2.05, 4.69) is 10.6 Å². The summed E-state index contributed by atoms with van der Waals surface area (Å²) < 4.78 is 10.6. The van der Waals surface area contributed by atoms with Crippen molar-refractivity contribution in [2.45, 2.75) is 18.9 Å². The van der Waals surface area contributed by atoms with Crippen LogP contribution in [0, 0.1) is 0 Å². The lowest BCUT2D eigenvalue weighted by atomic mass is 10.1. The van der Waals surface area contributed by atoms with Gasteiger partial charge in [0.05, 0.1) is 6.61 Å². The lowest BCUT2D eigenvalue weighted by Gasteiger charge is -2.07. The van der Waals surface area contributed by atoms with Gasteiger partial charge in [-0.1, -0.05) is 12.1 Å². The van der Waals surface area contributed by atoms with E-state index in [4.69, 9.17) is 14.6 Å². The van der Waals surface area contributed by atoms with Gasteiger partial charge in [0.15, 0.2) is 0 Å². The van der Waals surface area contributed by atoms with Crippen LogP contribution in [-0.4, -0.2) is 49.5 Å². The number of carboxylic acid groups (broad SMARTS) is 1. The number of benzene rings is 1. The fourth-order valence-electron chi connectivity index (χ4n) is 1.82. The Morgan fingerprint density at radius 3 is 2.55 bits per heavy atom. The number of carbonyl (C=O) groups is 2. The molecule has 0 aromatic heterocycles. The van der Waals surface area contributed by atoms with Crippen molar-refractivity contribution in [3.63, 3.8) is 0 Å². The predicted molar refractivity (Wildman–Crippen MR) is 79.0 cm³/mol. The minimum atomic E-state index is -1.09. The van der Waals surface area contributed by atoms with Gasteiger partial charge >= 0.3 is 6.09 Å². The molecule has 0 saturated carbocycles. The number of ether oxygens (including phenoxy) is 2. The molecule has 7 nitrogen and oxygen atoms in total. The Kier molecular flexibility index (Phi) is 6.02. The largest absolute Gasteiger partial charge is 0.491 e. The third kappa shape index (κ3) is 6.45. The molecule has 1 aromatic rings. The Hall–Kier alpha value is -2.28.